The van der Waals surface area contributed by atoms with Crippen molar-refractivity contribution in [1.82, 2.24) is 9.13 Å². The molecule has 5 nitrogen and oxygen atoms in total. The van der Waals surface area contributed by atoms with Gasteiger partial charge in [0.1, 0.15) is 0 Å². The smallest absolute Gasteiger partial charge is 0.0998 e. The van der Waals surface area contributed by atoms with E-state index >= 15 is 0 Å². The van der Waals surface area contributed by atoms with E-state index in [0.717, 1.165) is 55.3 Å². The third-order valence-corrected chi connectivity index (χ3v) is 9.63. The van der Waals surface area contributed by atoms with Crippen LogP contribution in [0.4, 0.5) is 0 Å². The molecule has 2 heterocycles. The molecule has 0 unspecified atom stereocenters. The maximum atomic E-state index is 10.6. The van der Waals surface area contributed by atoms with E-state index in [-0.39, 0.29) is 0 Å². The molecule has 9 aromatic rings. The van der Waals surface area contributed by atoms with Crippen LogP contribution < -0.4 is 0 Å². The summed E-state index contributed by atoms with van der Waals surface area (Å²) in [6.45, 7) is 0. The highest BCUT2D eigenvalue weighted by molar-refractivity contribution is 6.11. The van der Waals surface area contributed by atoms with Crippen molar-refractivity contribution in [2.45, 2.75) is 0 Å². The van der Waals surface area contributed by atoms with Crippen LogP contribution in [0.15, 0.2) is 152 Å². The first-order valence-electron chi connectivity index (χ1n) is 16.3. The number of aromatic nitrogens is 2. The Morgan fingerprint density at radius 3 is 1.68 bits per heavy atom. The average molecular weight is 636 g/mol. The van der Waals surface area contributed by atoms with Gasteiger partial charge in [0.25, 0.3) is 0 Å². The Kier molecular flexibility index (Phi) is 6.56. The van der Waals surface area contributed by atoms with Crippen LogP contribution in [0.3, 0.4) is 0 Å². The Hall–Kier alpha value is -7.39. The van der Waals surface area contributed by atoms with Crippen molar-refractivity contribution in [3.05, 3.63) is 168 Å². The fraction of sp³-hybridized carbons (Fsp3) is 0. The molecule has 0 aliphatic carbocycles. The van der Waals surface area contributed by atoms with Gasteiger partial charge in [-0.3, -0.25) is 0 Å². The predicted molar refractivity (Wildman–Crippen MR) is 200 cm³/mol. The van der Waals surface area contributed by atoms with Crippen molar-refractivity contribution < 1.29 is 0 Å². The minimum atomic E-state index is 0.472. The topological polar surface area (TPSA) is 81.2 Å². The van der Waals surface area contributed by atoms with Crippen molar-refractivity contribution >= 4 is 43.6 Å². The first-order chi connectivity index (χ1) is 24.7. The van der Waals surface area contributed by atoms with Gasteiger partial charge in [0, 0.05) is 38.4 Å². The zero-order chi connectivity index (χ0) is 33.8. The molecule has 5 heteroatoms. The van der Waals surface area contributed by atoms with Gasteiger partial charge in [-0.1, -0.05) is 84.9 Å². The monoisotopic (exact) mass is 635 g/mol. The highest BCUT2D eigenvalue weighted by Crippen LogP contribution is 2.40. The molecule has 0 N–H and O–H groups in total. The Labute approximate surface area is 287 Å². The van der Waals surface area contributed by atoms with Crippen LogP contribution in [-0.4, -0.2) is 9.13 Å². The van der Waals surface area contributed by atoms with E-state index in [1.807, 2.05) is 72.8 Å². The van der Waals surface area contributed by atoms with Crippen LogP contribution in [0.5, 0.6) is 0 Å². The number of nitriles is 3. The number of hydrogen-bond donors (Lipinski definition) is 0. The zero-order valence-electron chi connectivity index (χ0n) is 26.7. The number of benzene rings is 7. The van der Waals surface area contributed by atoms with E-state index in [4.69, 9.17) is 0 Å². The summed E-state index contributed by atoms with van der Waals surface area (Å²) in [5, 5.41) is 35.0. The van der Waals surface area contributed by atoms with E-state index in [1.54, 1.807) is 6.07 Å². The van der Waals surface area contributed by atoms with Crippen molar-refractivity contribution in [3.8, 4) is 51.8 Å². The standard InChI is InChI=1S/C45H25N5/c46-26-29-19-22-43-39(23-29)38-14-3-6-17-42(38)50(43)44-18-8-10-32(27-47)45(44)35-21-20-31(24-33(35)28-48)30-9-7-11-34(25-30)49-40-15-4-1-12-36(40)37-13-2-5-16-41(37)49/h1-25H. The molecule has 7 aromatic carbocycles. The lowest BCUT2D eigenvalue weighted by atomic mass is 9.91. The molecule has 230 valence electrons. The molecule has 2 aromatic heterocycles. The minimum absolute atomic E-state index is 0.472. The highest BCUT2D eigenvalue weighted by atomic mass is 15.0. The number of rotatable bonds is 4. The molecular weight excluding hydrogens is 611 g/mol. The van der Waals surface area contributed by atoms with Crippen molar-refractivity contribution in [3.63, 3.8) is 0 Å². The summed E-state index contributed by atoms with van der Waals surface area (Å²) in [6, 6.07) is 57.7. The Morgan fingerprint density at radius 2 is 1.00 bits per heavy atom. The lowest BCUT2D eigenvalue weighted by Crippen LogP contribution is -2.01. The third-order valence-electron chi connectivity index (χ3n) is 9.63. The first kappa shape index (κ1) is 28.8. The second-order valence-electron chi connectivity index (χ2n) is 12.3. The summed E-state index contributed by atoms with van der Waals surface area (Å²) >= 11 is 0. The maximum absolute atomic E-state index is 10.6. The van der Waals surface area contributed by atoms with Crippen LogP contribution in [0.25, 0.3) is 77.2 Å². The average Bonchev–Trinajstić information content (AvgIpc) is 3.70. The van der Waals surface area contributed by atoms with E-state index in [9.17, 15) is 15.8 Å². The van der Waals surface area contributed by atoms with Gasteiger partial charge >= 0.3 is 0 Å². The number of para-hydroxylation sites is 3. The zero-order valence-corrected chi connectivity index (χ0v) is 26.7. The minimum Gasteiger partial charge on any atom is -0.309 e. The van der Waals surface area contributed by atoms with E-state index in [1.165, 1.54) is 10.8 Å². The summed E-state index contributed by atoms with van der Waals surface area (Å²) in [5.74, 6) is 0. The van der Waals surface area contributed by atoms with Crippen LogP contribution >= 0.6 is 0 Å². The van der Waals surface area contributed by atoms with Gasteiger partial charge in [-0.15, -0.1) is 0 Å². The molecule has 0 atom stereocenters. The second-order valence-corrected chi connectivity index (χ2v) is 12.3. The molecule has 0 radical (unpaired) electrons. The van der Waals surface area contributed by atoms with Gasteiger partial charge in [-0.2, -0.15) is 15.8 Å². The number of fused-ring (bicyclic) bond motifs is 6. The molecule has 0 fully saturated rings. The molecule has 0 spiro atoms. The van der Waals surface area contributed by atoms with Crippen LogP contribution in [0.1, 0.15) is 16.7 Å². The van der Waals surface area contributed by atoms with Crippen molar-refractivity contribution in [2.75, 3.05) is 0 Å². The Balaban J connectivity index is 1.22. The van der Waals surface area contributed by atoms with Crippen LogP contribution in [0, 0.1) is 34.0 Å². The molecular formula is C45H25N5. The molecule has 9 rings (SSSR count). The SMILES string of the molecule is N#Cc1ccc2c(c1)c1ccccc1n2-c1cccc(C#N)c1-c1ccc(-c2cccc(-n3c4ccccc4c4ccccc43)c2)cc1C#N. The number of nitrogens with zero attached hydrogens (tertiary/aromatic N) is 5. The molecule has 50 heavy (non-hydrogen) atoms. The van der Waals surface area contributed by atoms with Gasteiger partial charge in [0.15, 0.2) is 0 Å². The largest absolute Gasteiger partial charge is 0.309 e. The van der Waals surface area contributed by atoms with Gasteiger partial charge in [-0.05, 0) is 77.9 Å². The summed E-state index contributed by atoms with van der Waals surface area (Å²) < 4.78 is 4.42. The summed E-state index contributed by atoms with van der Waals surface area (Å²) in [4.78, 5) is 0. The normalized spacial score (nSPS) is 11.1. The Bertz CT molecular complexity index is 2920. The molecule has 0 amide bonds. The summed E-state index contributed by atoms with van der Waals surface area (Å²) in [5.41, 5.74) is 10.7. The fourth-order valence-corrected chi connectivity index (χ4v) is 7.46. The molecule has 0 saturated carbocycles. The highest BCUT2D eigenvalue weighted by Gasteiger charge is 2.21. The lowest BCUT2D eigenvalue weighted by molar-refractivity contribution is 1.18. The molecule has 0 aliphatic heterocycles. The second kappa shape index (κ2) is 11.4. The van der Waals surface area contributed by atoms with E-state index in [0.29, 0.717) is 27.8 Å². The van der Waals surface area contributed by atoms with Crippen LogP contribution in [-0.2, 0) is 0 Å². The van der Waals surface area contributed by atoms with Crippen molar-refractivity contribution in [1.29, 1.82) is 15.8 Å². The van der Waals surface area contributed by atoms with Gasteiger partial charge in [0.2, 0.25) is 0 Å². The maximum Gasteiger partial charge on any atom is 0.0998 e. The van der Waals surface area contributed by atoms with Crippen molar-refractivity contribution in [2.24, 2.45) is 0 Å². The first-order valence-corrected chi connectivity index (χ1v) is 16.3. The summed E-state index contributed by atoms with van der Waals surface area (Å²) in [6.07, 6.45) is 0. The number of hydrogen-bond acceptors (Lipinski definition) is 3. The predicted octanol–water partition coefficient (Wildman–Crippen LogP) is 10.8. The quantitative estimate of drug-likeness (QED) is 0.193. The van der Waals surface area contributed by atoms with Gasteiger partial charge in [-0.25, -0.2) is 0 Å². The van der Waals surface area contributed by atoms with Gasteiger partial charge < -0.3 is 9.13 Å². The third kappa shape index (κ3) is 4.31. The van der Waals surface area contributed by atoms with Gasteiger partial charge in [0.05, 0.1) is 62.7 Å². The van der Waals surface area contributed by atoms with E-state index in [2.05, 4.69) is 100 Å². The summed E-state index contributed by atoms with van der Waals surface area (Å²) in [7, 11) is 0. The Morgan fingerprint density at radius 1 is 0.400 bits per heavy atom. The van der Waals surface area contributed by atoms with E-state index < -0.39 is 0 Å². The lowest BCUT2D eigenvalue weighted by Gasteiger charge is -2.17. The fourth-order valence-electron chi connectivity index (χ4n) is 7.46. The molecule has 0 aliphatic rings. The van der Waals surface area contributed by atoms with Crippen LogP contribution in [0.2, 0.25) is 0 Å². The molecule has 0 bridgehead atoms. The molecule has 0 saturated heterocycles.